The Kier molecular flexibility index (Phi) is 5.11. The van der Waals surface area contributed by atoms with Crippen LogP contribution in [0.5, 0.6) is 0 Å². The molecule has 3 aromatic rings. The van der Waals surface area contributed by atoms with Crippen LogP contribution in [0.2, 0.25) is 0 Å². The van der Waals surface area contributed by atoms with Crippen LogP contribution in [-0.4, -0.2) is 16.8 Å². The minimum absolute atomic E-state index is 0.263. The van der Waals surface area contributed by atoms with Crippen LogP contribution in [0.1, 0.15) is 33.5 Å². The Hall–Kier alpha value is -2.76. The first-order valence-corrected chi connectivity index (χ1v) is 10.2. The fourth-order valence-electron chi connectivity index (χ4n) is 3.68. The fourth-order valence-corrected chi connectivity index (χ4v) is 3.95. The van der Waals surface area contributed by atoms with Crippen LogP contribution < -0.4 is 4.90 Å². The van der Waals surface area contributed by atoms with Gasteiger partial charge < -0.3 is 10.0 Å². The maximum atomic E-state index is 13.3. The third-order valence-electron chi connectivity index (χ3n) is 5.28. The topological polar surface area (TPSA) is 57.6 Å². The van der Waals surface area contributed by atoms with Gasteiger partial charge >= 0.3 is 0 Å². The summed E-state index contributed by atoms with van der Waals surface area (Å²) in [5.74, 6) is -0.733. The second-order valence-corrected chi connectivity index (χ2v) is 8.28. The molecular formula is C24H20BrNO3. The largest absolute Gasteiger partial charge is 0.375 e. The number of carbonyl (C=O) groups is 2. The van der Waals surface area contributed by atoms with Crippen LogP contribution in [0.25, 0.3) is 0 Å². The number of Topliss-reactive ketones (excluding diaryl/α,β-unsaturated/α-hetero) is 1. The number of aliphatic hydroxyl groups is 1. The molecule has 0 saturated carbocycles. The van der Waals surface area contributed by atoms with Gasteiger partial charge in [-0.25, -0.2) is 0 Å². The number of amides is 1. The molecule has 0 radical (unpaired) electrons. The van der Waals surface area contributed by atoms with E-state index in [9.17, 15) is 14.7 Å². The highest BCUT2D eigenvalue weighted by Gasteiger charge is 2.50. The third-order valence-corrected chi connectivity index (χ3v) is 5.81. The Morgan fingerprint density at radius 1 is 1.00 bits per heavy atom. The highest BCUT2D eigenvalue weighted by atomic mass is 79.9. The van der Waals surface area contributed by atoms with Crippen molar-refractivity contribution in [3.8, 4) is 0 Å². The summed E-state index contributed by atoms with van der Waals surface area (Å²) in [6.07, 6.45) is -0.289. The maximum Gasteiger partial charge on any atom is 0.264 e. The van der Waals surface area contributed by atoms with Gasteiger partial charge in [-0.1, -0.05) is 76.1 Å². The van der Waals surface area contributed by atoms with Gasteiger partial charge in [0, 0.05) is 15.6 Å². The van der Waals surface area contributed by atoms with E-state index in [0.717, 1.165) is 15.6 Å². The lowest BCUT2D eigenvalue weighted by Gasteiger charge is -2.23. The van der Waals surface area contributed by atoms with Crippen molar-refractivity contribution in [2.45, 2.75) is 25.5 Å². The first-order chi connectivity index (χ1) is 13.9. The minimum atomic E-state index is -1.87. The van der Waals surface area contributed by atoms with Crippen molar-refractivity contribution in [3.63, 3.8) is 0 Å². The number of hydrogen-bond acceptors (Lipinski definition) is 3. The van der Waals surface area contributed by atoms with E-state index in [1.807, 2.05) is 49.4 Å². The first-order valence-electron chi connectivity index (χ1n) is 9.37. The molecule has 0 fully saturated rings. The predicted molar refractivity (Wildman–Crippen MR) is 116 cm³/mol. The standard InChI is InChI=1S/C24H20BrNO3/c1-16-6-10-18(11-7-16)22(27)14-24(29)20-4-2-3-5-21(20)26(23(24)28)15-17-8-12-19(25)13-9-17/h2-13,29H,14-15H2,1H3/t24-/m0/s1. The molecule has 1 N–H and O–H groups in total. The lowest BCUT2D eigenvalue weighted by atomic mass is 9.88. The fraction of sp³-hybridized carbons (Fsp3) is 0.167. The van der Waals surface area contributed by atoms with Crippen molar-refractivity contribution in [1.82, 2.24) is 0 Å². The molecule has 146 valence electrons. The molecule has 0 unspecified atom stereocenters. The molecular weight excluding hydrogens is 430 g/mol. The highest BCUT2D eigenvalue weighted by molar-refractivity contribution is 9.10. The van der Waals surface area contributed by atoms with Gasteiger partial charge in [-0.15, -0.1) is 0 Å². The SMILES string of the molecule is Cc1ccc(C(=O)C[C@@]2(O)C(=O)N(Cc3ccc(Br)cc3)c3ccccc32)cc1. The molecule has 0 saturated heterocycles. The predicted octanol–water partition coefficient (Wildman–Crippen LogP) is 4.76. The summed E-state index contributed by atoms with van der Waals surface area (Å²) in [6, 6.07) is 22.0. The lowest BCUT2D eigenvalue weighted by molar-refractivity contribution is -0.136. The number of fused-ring (bicyclic) bond motifs is 1. The number of rotatable bonds is 5. The number of carbonyl (C=O) groups excluding carboxylic acids is 2. The van der Waals surface area contributed by atoms with E-state index in [0.29, 0.717) is 23.4 Å². The summed E-state index contributed by atoms with van der Waals surface area (Å²) in [5.41, 5.74) is 1.71. The minimum Gasteiger partial charge on any atom is -0.375 e. The number of anilines is 1. The van der Waals surface area contributed by atoms with Gasteiger partial charge in [0.05, 0.1) is 18.7 Å². The van der Waals surface area contributed by atoms with E-state index in [4.69, 9.17) is 0 Å². The number of ketones is 1. The number of para-hydroxylation sites is 1. The molecule has 1 atom stereocenters. The summed E-state index contributed by atoms with van der Waals surface area (Å²) in [6.45, 7) is 2.27. The molecule has 1 amide bonds. The molecule has 5 heteroatoms. The van der Waals surface area contributed by atoms with Gasteiger partial charge in [-0.2, -0.15) is 0 Å². The zero-order chi connectivity index (χ0) is 20.6. The highest BCUT2D eigenvalue weighted by Crippen LogP contribution is 2.43. The zero-order valence-electron chi connectivity index (χ0n) is 15.9. The van der Waals surface area contributed by atoms with Crippen LogP contribution in [0, 0.1) is 6.92 Å². The Morgan fingerprint density at radius 2 is 1.66 bits per heavy atom. The van der Waals surface area contributed by atoms with Gasteiger partial charge in [0.1, 0.15) is 0 Å². The molecule has 3 aromatic carbocycles. The van der Waals surface area contributed by atoms with E-state index in [1.54, 1.807) is 35.2 Å². The van der Waals surface area contributed by atoms with Crippen LogP contribution in [0.3, 0.4) is 0 Å². The average Bonchev–Trinajstić information content (AvgIpc) is 2.92. The van der Waals surface area contributed by atoms with Crippen molar-refractivity contribution >= 4 is 33.3 Å². The van der Waals surface area contributed by atoms with Crippen LogP contribution in [0.15, 0.2) is 77.3 Å². The Balaban J connectivity index is 1.66. The van der Waals surface area contributed by atoms with Crippen LogP contribution >= 0.6 is 15.9 Å². The summed E-state index contributed by atoms with van der Waals surface area (Å²) in [4.78, 5) is 27.7. The van der Waals surface area contributed by atoms with E-state index >= 15 is 0 Å². The molecule has 1 heterocycles. The normalized spacial score (nSPS) is 18.0. The van der Waals surface area contributed by atoms with Gasteiger partial charge in [-0.3, -0.25) is 9.59 Å². The molecule has 1 aliphatic rings. The van der Waals surface area contributed by atoms with Crippen molar-refractivity contribution < 1.29 is 14.7 Å². The second-order valence-electron chi connectivity index (χ2n) is 7.36. The van der Waals surface area contributed by atoms with E-state index < -0.39 is 11.5 Å². The summed E-state index contributed by atoms with van der Waals surface area (Å²) in [5, 5.41) is 11.4. The average molecular weight is 450 g/mol. The van der Waals surface area contributed by atoms with E-state index in [2.05, 4.69) is 15.9 Å². The van der Waals surface area contributed by atoms with Gasteiger partial charge in [0.15, 0.2) is 11.4 Å². The molecule has 4 nitrogen and oxygen atoms in total. The van der Waals surface area contributed by atoms with Crippen molar-refractivity contribution in [3.05, 3.63) is 99.5 Å². The smallest absolute Gasteiger partial charge is 0.264 e. The van der Waals surface area contributed by atoms with Gasteiger partial charge in [-0.05, 0) is 30.7 Å². The van der Waals surface area contributed by atoms with Gasteiger partial charge in [0.2, 0.25) is 0 Å². The number of halogens is 1. The molecule has 1 aliphatic heterocycles. The molecule has 4 rings (SSSR count). The number of benzene rings is 3. The van der Waals surface area contributed by atoms with Crippen molar-refractivity contribution in [2.24, 2.45) is 0 Å². The monoisotopic (exact) mass is 449 g/mol. The van der Waals surface area contributed by atoms with E-state index in [1.165, 1.54) is 0 Å². The van der Waals surface area contributed by atoms with Crippen LogP contribution in [-0.2, 0) is 16.9 Å². The Labute approximate surface area is 177 Å². The number of aryl methyl sites for hydroxylation is 1. The first kappa shape index (κ1) is 19.6. The van der Waals surface area contributed by atoms with Crippen molar-refractivity contribution in [2.75, 3.05) is 4.90 Å². The van der Waals surface area contributed by atoms with E-state index in [-0.39, 0.29) is 12.2 Å². The van der Waals surface area contributed by atoms with Crippen LogP contribution in [0.4, 0.5) is 5.69 Å². The Bertz CT molecular complexity index is 1080. The molecule has 0 aliphatic carbocycles. The summed E-state index contributed by atoms with van der Waals surface area (Å²) in [7, 11) is 0. The molecule has 29 heavy (non-hydrogen) atoms. The molecule has 0 aromatic heterocycles. The maximum absolute atomic E-state index is 13.3. The number of nitrogens with zero attached hydrogens (tertiary/aromatic N) is 1. The Morgan fingerprint density at radius 3 is 2.34 bits per heavy atom. The third kappa shape index (κ3) is 3.63. The summed E-state index contributed by atoms with van der Waals surface area (Å²) >= 11 is 3.41. The molecule has 0 spiro atoms. The number of hydrogen-bond donors (Lipinski definition) is 1. The zero-order valence-corrected chi connectivity index (χ0v) is 17.5. The molecule has 0 bridgehead atoms. The van der Waals surface area contributed by atoms with Gasteiger partial charge in [0.25, 0.3) is 5.91 Å². The lowest BCUT2D eigenvalue weighted by Crippen LogP contribution is -2.41. The quantitative estimate of drug-likeness (QED) is 0.570. The second kappa shape index (κ2) is 7.58. The van der Waals surface area contributed by atoms with Crippen molar-refractivity contribution in [1.29, 1.82) is 0 Å². The summed E-state index contributed by atoms with van der Waals surface area (Å²) < 4.78 is 0.953.